The number of benzene rings is 3. The van der Waals surface area contributed by atoms with Gasteiger partial charge in [-0.15, -0.1) is 11.3 Å². The van der Waals surface area contributed by atoms with E-state index in [1.165, 1.54) is 148 Å². The minimum Gasteiger partial charge on any atom is -0.362 e. The molecule has 1 aliphatic carbocycles. The Bertz CT molecular complexity index is 1570. The summed E-state index contributed by atoms with van der Waals surface area (Å²) >= 11 is 7.57. The molecule has 5 heteroatoms. The van der Waals surface area contributed by atoms with Crippen molar-refractivity contribution in [2.24, 2.45) is 0 Å². The maximum atomic E-state index is 5.75. The van der Waals surface area contributed by atoms with Crippen molar-refractivity contribution in [3.8, 4) is 21.7 Å². The first-order chi connectivity index (χ1) is 24.6. The van der Waals surface area contributed by atoms with Gasteiger partial charge in [-0.05, 0) is 84.1 Å². The van der Waals surface area contributed by atoms with Crippen LogP contribution in [0.2, 0.25) is 0 Å². The normalized spacial score (nSPS) is 13.0. The number of hydrogen-bond acceptors (Lipinski definition) is 3. The van der Waals surface area contributed by atoms with E-state index in [1.54, 1.807) is 0 Å². The lowest BCUT2D eigenvalue weighted by molar-refractivity contribution is 0.397. The Morgan fingerprint density at radius 1 is 0.640 bits per heavy atom. The summed E-state index contributed by atoms with van der Waals surface area (Å²) in [5.74, 6) is 0. The van der Waals surface area contributed by atoms with Gasteiger partial charge in [0.2, 0.25) is 0 Å². The monoisotopic (exact) mass is 709 g/mol. The number of hydrogen-bond donors (Lipinski definition) is 2. The second kappa shape index (κ2) is 20.3. The van der Waals surface area contributed by atoms with Gasteiger partial charge >= 0.3 is 0 Å². The first-order valence-corrected chi connectivity index (χ1v) is 21.5. The number of para-hydroxylation sites is 1. The molecule has 1 aromatic heterocycles. The van der Waals surface area contributed by atoms with Gasteiger partial charge in [-0.2, -0.15) is 0 Å². The number of thiocarbonyl (C=S) groups is 1. The number of thiazole rings is 1. The molecule has 2 N–H and O–H groups in total. The molecule has 270 valence electrons. The summed E-state index contributed by atoms with van der Waals surface area (Å²) in [6.45, 7) is 7.75. The maximum Gasteiger partial charge on any atom is 0.170 e. The van der Waals surface area contributed by atoms with E-state index in [0.717, 1.165) is 40.7 Å². The smallest absolute Gasteiger partial charge is 0.170 e. The van der Waals surface area contributed by atoms with E-state index in [2.05, 4.69) is 92.1 Å². The summed E-state index contributed by atoms with van der Waals surface area (Å²) in [6.07, 6.45) is 26.2. The summed E-state index contributed by atoms with van der Waals surface area (Å²) in [7, 11) is 0. The Morgan fingerprint density at radius 3 is 1.82 bits per heavy atom. The lowest BCUT2D eigenvalue weighted by Crippen LogP contribution is -2.29. The summed E-state index contributed by atoms with van der Waals surface area (Å²) in [4.78, 5) is 5.10. The average molecular weight is 710 g/mol. The molecule has 0 spiro atoms. The van der Waals surface area contributed by atoms with Crippen LogP contribution in [-0.2, 0) is 5.41 Å². The molecule has 0 saturated carbocycles. The van der Waals surface area contributed by atoms with Crippen LogP contribution in [0.25, 0.3) is 31.9 Å². The van der Waals surface area contributed by atoms with Gasteiger partial charge in [0.15, 0.2) is 5.11 Å². The van der Waals surface area contributed by atoms with E-state index in [0.29, 0.717) is 0 Å². The third-order valence-corrected chi connectivity index (χ3v) is 12.2. The summed E-state index contributed by atoms with van der Waals surface area (Å²) in [6, 6.07) is 22.9. The Kier molecular flexibility index (Phi) is 15.6. The van der Waals surface area contributed by atoms with Crippen LogP contribution in [0.1, 0.15) is 160 Å². The molecule has 0 radical (unpaired) electrons. The molecule has 0 saturated heterocycles. The second-order valence-electron chi connectivity index (χ2n) is 14.8. The largest absolute Gasteiger partial charge is 0.362 e. The quantitative estimate of drug-likeness (QED) is 0.0594. The average Bonchev–Trinajstić information content (AvgIpc) is 3.68. The second-order valence-corrected chi connectivity index (χ2v) is 16.2. The Balaban J connectivity index is 1.45. The first-order valence-electron chi connectivity index (χ1n) is 20.3. The number of aromatic nitrogens is 1. The fraction of sp³-hybridized carbons (Fsp3) is 0.556. The molecule has 0 aliphatic heterocycles. The highest BCUT2D eigenvalue weighted by molar-refractivity contribution is 7.80. The lowest BCUT2D eigenvalue weighted by atomic mass is 9.70. The molecular weight excluding hydrogens is 647 g/mol. The Morgan fingerprint density at radius 2 is 1.20 bits per heavy atom. The maximum absolute atomic E-state index is 5.75. The first kappa shape index (κ1) is 38.5. The van der Waals surface area contributed by atoms with Crippen LogP contribution in [0.3, 0.4) is 0 Å². The van der Waals surface area contributed by atoms with Crippen LogP contribution in [0.15, 0.2) is 60.7 Å². The van der Waals surface area contributed by atoms with Crippen LogP contribution in [0.4, 0.5) is 5.69 Å². The van der Waals surface area contributed by atoms with Crippen molar-refractivity contribution >= 4 is 44.6 Å². The van der Waals surface area contributed by atoms with E-state index in [9.17, 15) is 0 Å². The number of unbranched alkanes of at least 4 members (excludes halogenated alkanes) is 15. The highest BCUT2D eigenvalue weighted by Gasteiger charge is 2.42. The van der Waals surface area contributed by atoms with Gasteiger partial charge in [-0.25, -0.2) is 4.98 Å². The van der Waals surface area contributed by atoms with E-state index in [4.69, 9.17) is 17.2 Å². The summed E-state index contributed by atoms with van der Waals surface area (Å²) < 4.78 is 1.26. The molecule has 3 aromatic carbocycles. The van der Waals surface area contributed by atoms with E-state index >= 15 is 0 Å². The molecule has 1 heterocycles. The zero-order valence-electron chi connectivity index (χ0n) is 31.4. The number of anilines is 1. The van der Waals surface area contributed by atoms with Crippen molar-refractivity contribution < 1.29 is 0 Å². The predicted octanol–water partition coefficient (Wildman–Crippen LogP) is 14.4. The van der Waals surface area contributed by atoms with Gasteiger partial charge in [0.1, 0.15) is 5.01 Å². The van der Waals surface area contributed by atoms with E-state index < -0.39 is 0 Å². The molecule has 1 aliphatic rings. The van der Waals surface area contributed by atoms with Crippen LogP contribution in [0, 0.1) is 0 Å². The molecule has 4 aromatic rings. The number of rotatable bonds is 23. The minimum absolute atomic E-state index is 0.00325. The summed E-state index contributed by atoms with van der Waals surface area (Å²) in [5, 5.41) is 8.84. The zero-order valence-corrected chi connectivity index (χ0v) is 33.0. The van der Waals surface area contributed by atoms with Gasteiger partial charge in [0.05, 0.1) is 10.2 Å². The third-order valence-electron chi connectivity index (χ3n) is 10.9. The standard InChI is InChI=1S/C45H63N3S2/c1-4-7-10-12-14-16-18-22-30-45(31-23-19-17-15-13-11-8-5-2)39-33-35(43-48-41-24-20-21-25-42(41)50-43)26-28-37(39)38-29-27-36(34-40(38)45)47-44(49)46-32-9-6-3/h20-21,24-29,33-34H,4-19,22-23,30-32H2,1-3H3,(H2,46,47,49). The molecule has 3 nitrogen and oxygen atoms in total. The topological polar surface area (TPSA) is 37.0 Å². The molecule has 0 unspecified atom stereocenters. The number of nitrogens with one attached hydrogen (secondary N) is 2. The van der Waals surface area contributed by atoms with Crippen molar-refractivity contribution in [2.75, 3.05) is 11.9 Å². The fourth-order valence-corrected chi connectivity index (χ4v) is 9.22. The molecule has 50 heavy (non-hydrogen) atoms. The van der Waals surface area contributed by atoms with Crippen molar-refractivity contribution in [3.05, 3.63) is 71.8 Å². The van der Waals surface area contributed by atoms with Gasteiger partial charge in [-0.1, -0.05) is 160 Å². The zero-order chi connectivity index (χ0) is 35.0. The van der Waals surface area contributed by atoms with Gasteiger partial charge < -0.3 is 10.6 Å². The van der Waals surface area contributed by atoms with Gasteiger partial charge in [-0.3, -0.25) is 0 Å². The lowest BCUT2D eigenvalue weighted by Gasteiger charge is -2.33. The highest BCUT2D eigenvalue weighted by Crippen LogP contribution is 2.55. The van der Waals surface area contributed by atoms with Gasteiger partial charge in [0, 0.05) is 23.2 Å². The van der Waals surface area contributed by atoms with Crippen LogP contribution >= 0.6 is 23.6 Å². The predicted molar refractivity (Wildman–Crippen MR) is 225 cm³/mol. The van der Waals surface area contributed by atoms with Crippen molar-refractivity contribution in [1.29, 1.82) is 0 Å². The Hall–Kier alpha value is -2.76. The van der Waals surface area contributed by atoms with Gasteiger partial charge in [0.25, 0.3) is 0 Å². The molecule has 0 fully saturated rings. The fourth-order valence-electron chi connectivity index (χ4n) is 8.04. The molecule has 5 rings (SSSR count). The number of nitrogens with zero attached hydrogens (tertiary/aromatic N) is 1. The molecule has 0 bridgehead atoms. The van der Waals surface area contributed by atoms with E-state index in [-0.39, 0.29) is 5.41 Å². The Labute approximate surface area is 313 Å². The summed E-state index contributed by atoms with van der Waals surface area (Å²) in [5.41, 5.74) is 9.31. The molecular formula is C45H63N3S2. The number of fused-ring (bicyclic) bond motifs is 4. The van der Waals surface area contributed by atoms with Crippen molar-refractivity contribution in [3.63, 3.8) is 0 Å². The van der Waals surface area contributed by atoms with Crippen molar-refractivity contribution in [2.45, 2.75) is 155 Å². The van der Waals surface area contributed by atoms with Crippen LogP contribution in [0.5, 0.6) is 0 Å². The van der Waals surface area contributed by atoms with Crippen LogP contribution < -0.4 is 10.6 Å². The third kappa shape index (κ3) is 10.2. The molecule has 0 amide bonds. The van der Waals surface area contributed by atoms with Crippen molar-refractivity contribution in [1.82, 2.24) is 10.3 Å². The SMILES string of the molecule is CCCCCCCCCCC1(CCCCCCCCCC)c2cc(NC(=S)NCCCC)ccc2-c2ccc(-c3nc4ccccc4s3)cc21. The van der Waals surface area contributed by atoms with Crippen LogP contribution in [-0.4, -0.2) is 16.6 Å². The molecule has 0 atom stereocenters. The highest BCUT2D eigenvalue weighted by atomic mass is 32.1. The minimum atomic E-state index is -0.00325. The van der Waals surface area contributed by atoms with E-state index in [1.807, 2.05) is 11.3 Å².